The van der Waals surface area contributed by atoms with Crippen LogP contribution in [0.3, 0.4) is 0 Å². The number of carboxylic acid groups (broad SMARTS) is 1. The molecule has 2 rings (SSSR count). The van der Waals surface area contributed by atoms with Gasteiger partial charge in [0.05, 0.1) is 4.83 Å². The van der Waals surface area contributed by atoms with Gasteiger partial charge in [-0.05, 0) is 19.8 Å². The molecule has 2 unspecified atom stereocenters. The smallest absolute Gasteiger partial charge is 0.354 e. The molecule has 0 aromatic carbocycles. The van der Waals surface area contributed by atoms with E-state index in [4.69, 9.17) is 5.11 Å². The van der Waals surface area contributed by atoms with E-state index in [-0.39, 0.29) is 22.1 Å². The Balaban J connectivity index is 2.66. The third-order valence-corrected chi connectivity index (χ3v) is 3.62. The van der Waals surface area contributed by atoms with Gasteiger partial charge >= 0.3 is 5.97 Å². The second-order valence-electron chi connectivity index (χ2n) is 3.91. The topological polar surface area (TPSA) is 72.2 Å². The first kappa shape index (κ1) is 11.3. The number of alkyl halides is 1. The Morgan fingerprint density at radius 1 is 1.62 bits per heavy atom. The fourth-order valence-electron chi connectivity index (χ4n) is 1.93. The van der Waals surface area contributed by atoms with Crippen LogP contribution in [0.15, 0.2) is 10.9 Å². The second-order valence-corrected chi connectivity index (χ2v) is 5.01. The molecule has 1 N–H and O–H groups in total. The Hall–Kier alpha value is -1.17. The summed E-state index contributed by atoms with van der Waals surface area (Å²) in [5, 5.41) is 8.84. The summed E-state index contributed by atoms with van der Waals surface area (Å²) in [6, 6.07) is 1.15. The van der Waals surface area contributed by atoms with Gasteiger partial charge in [0.15, 0.2) is 5.69 Å². The van der Waals surface area contributed by atoms with Gasteiger partial charge in [0.1, 0.15) is 5.82 Å². The van der Waals surface area contributed by atoms with Crippen molar-refractivity contribution in [3.8, 4) is 0 Å². The molecule has 0 amide bonds. The van der Waals surface area contributed by atoms with Gasteiger partial charge in [-0.3, -0.25) is 9.36 Å². The van der Waals surface area contributed by atoms with Crippen molar-refractivity contribution in [2.75, 3.05) is 0 Å². The van der Waals surface area contributed by atoms with E-state index in [1.54, 1.807) is 4.57 Å². The molecular formula is C10H11BrN2O3. The maximum atomic E-state index is 11.8. The lowest BCUT2D eigenvalue weighted by atomic mass is 10.1. The summed E-state index contributed by atoms with van der Waals surface area (Å²) in [4.78, 5) is 26.6. The Labute approximate surface area is 100 Å². The predicted octanol–water partition coefficient (Wildman–Crippen LogP) is 1.73. The standard InChI is InChI=1S/C10H11BrN2O3/c1-5-2-3-6(11)9-12-7(10(15)16)4-8(14)13(5)9/h4-6H,2-3H2,1H3,(H,15,16). The molecule has 86 valence electrons. The monoisotopic (exact) mass is 286 g/mol. The minimum atomic E-state index is -1.17. The highest BCUT2D eigenvalue weighted by Gasteiger charge is 2.26. The van der Waals surface area contributed by atoms with E-state index in [1.165, 1.54) is 0 Å². The molecule has 0 saturated heterocycles. The van der Waals surface area contributed by atoms with Crippen LogP contribution in [0, 0.1) is 0 Å². The Kier molecular flexibility index (Phi) is 2.84. The Bertz CT molecular complexity index is 497. The number of rotatable bonds is 1. The molecule has 2 atom stereocenters. The largest absolute Gasteiger partial charge is 0.477 e. The highest BCUT2D eigenvalue weighted by molar-refractivity contribution is 9.09. The first-order chi connectivity index (χ1) is 7.50. The van der Waals surface area contributed by atoms with Crippen LogP contribution in [0.25, 0.3) is 0 Å². The van der Waals surface area contributed by atoms with Crippen LogP contribution in [0.4, 0.5) is 0 Å². The Morgan fingerprint density at radius 2 is 2.31 bits per heavy atom. The van der Waals surface area contributed by atoms with Crippen molar-refractivity contribution in [2.24, 2.45) is 0 Å². The number of halogens is 1. The zero-order chi connectivity index (χ0) is 11.9. The van der Waals surface area contributed by atoms with Gasteiger partial charge in [-0.25, -0.2) is 9.78 Å². The number of fused-ring (bicyclic) bond motifs is 1. The zero-order valence-corrected chi connectivity index (χ0v) is 10.3. The van der Waals surface area contributed by atoms with E-state index in [9.17, 15) is 9.59 Å². The average Bonchev–Trinajstić information content (AvgIpc) is 2.22. The predicted molar refractivity (Wildman–Crippen MR) is 61.1 cm³/mol. The van der Waals surface area contributed by atoms with Crippen LogP contribution in [0.2, 0.25) is 0 Å². The van der Waals surface area contributed by atoms with Gasteiger partial charge in [0, 0.05) is 12.1 Å². The summed E-state index contributed by atoms with van der Waals surface area (Å²) < 4.78 is 1.56. The molecule has 1 aliphatic rings. The van der Waals surface area contributed by atoms with Gasteiger partial charge in [0.2, 0.25) is 0 Å². The maximum absolute atomic E-state index is 11.8. The van der Waals surface area contributed by atoms with Crippen LogP contribution in [0.5, 0.6) is 0 Å². The molecule has 0 fully saturated rings. The van der Waals surface area contributed by atoms with Gasteiger partial charge in [0.25, 0.3) is 5.56 Å². The van der Waals surface area contributed by atoms with Crippen molar-refractivity contribution >= 4 is 21.9 Å². The molecule has 6 heteroatoms. The number of aromatic carboxylic acids is 1. The second kappa shape index (κ2) is 4.01. The summed E-state index contributed by atoms with van der Waals surface area (Å²) in [5.41, 5.74) is -0.478. The number of aromatic nitrogens is 2. The quantitative estimate of drug-likeness (QED) is 0.798. The van der Waals surface area contributed by atoms with E-state index >= 15 is 0 Å². The summed E-state index contributed by atoms with van der Waals surface area (Å²) in [5.74, 6) is -0.651. The normalized spacial score (nSPS) is 23.9. The van der Waals surface area contributed by atoms with Gasteiger partial charge < -0.3 is 5.11 Å². The van der Waals surface area contributed by atoms with Crippen LogP contribution < -0.4 is 5.56 Å². The lowest BCUT2D eigenvalue weighted by Crippen LogP contribution is -2.32. The number of carbonyl (C=O) groups is 1. The first-order valence-electron chi connectivity index (χ1n) is 5.01. The molecule has 0 aliphatic carbocycles. The van der Waals surface area contributed by atoms with Crippen molar-refractivity contribution in [3.05, 3.63) is 27.9 Å². The van der Waals surface area contributed by atoms with Gasteiger partial charge in [-0.1, -0.05) is 15.9 Å². The molecule has 0 saturated carbocycles. The number of nitrogens with zero attached hydrogens (tertiary/aromatic N) is 2. The summed E-state index contributed by atoms with van der Waals surface area (Å²) >= 11 is 3.42. The third kappa shape index (κ3) is 1.77. The molecular weight excluding hydrogens is 276 g/mol. The highest BCUT2D eigenvalue weighted by atomic mass is 79.9. The van der Waals surface area contributed by atoms with Crippen molar-refractivity contribution in [1.29, 1.82) is 0 Å². The van der Waals surface area contributed by atoms with Crippen LogP contribution in [-0.4, -0.2) is 20.6 Å². The van der Waals surface area contributed by atoms with E-state index in [0.29, 0.717) is 5.82 Å². The average molecular weight is 287 g/mol. The fourth-order valence-corrected chi connectivity index (χ4v) is 2.52. The van der Waals surface area contributed by atoms with Crippen molar-refractivity contribution in [2.45, 2.75) is 30.6 Å². The highest BCUT2D eigenvalue weighted by Crippen LogP contribution is 2.34. The van der Waals surface area contributed by atoms with Crippen LogP contribution >= 0.6 is 15.9 Å². The van der Waals surface area contributed by atoms with Crippen molar-refractivity contribution in [1.82, 2.24) is 9.55 Å². The van der Waals surface area contributed by atoms with E-state index in [0.717, 1.165) is 18.9 Å². The molecule has 16 heavy (non-hydrogen) atoms. The van der Waals surface area contributed by atoms with Gasteiger partial charge in [-0.15, -0.1) is 0 Å². The van der Waals surface area contributed by atoms with Crippen LogP contribution in [-0.2, 0) is 0 Å². The minimum absolute atomic E-state index is 0.0456. The summed E-state index contributed by atoms with van der Waals surface area (Å²) in [6.07, 6.45) is 1.74. The zero-order valence-electron chi connectivity index (χ0n) is 8.68. The minimum Gasteiger partial charge on any atom is -0.477 e. The molecule has 1 aromatic rings. The molecule has 0 bridgehead atoms. The van der Waals surface area contributed by atoms with Crippen LogP contribution in [0.1, 0.15) is 46.9 Å². The first-order valence-corrected chi connectivity index (χ1v) is 5.93. The molecule has 0 spiro atoms. The molecule has 1 aliphatic heterocycles. The van der Waals surface area contributed by atoms with E-state index in [1.807, 2.05) is 6.92 Å². The maximum Gasteiger partial charge on any atom is 0.354 e. The summed E-state index contributed by atoms with van der Waals surface area (Å²) in [7, 11) is 0. The number of hydrogen-bond acceptors (Lipinski definition) is 3. The van der Waals surface area contributed by atoms with Crippen molar-refractivity contribution < 1.29 is 9.90 Å². The van der Waals surface area contributed by atoms with E-state index < -0.39 is 5.97 Å². The lowest BCUT2D eigenvalue weighted by molar-refractivity contribution is 0.0689. The molecule has 5 nitrogen and oxygen atoms in total. The number of hydrogen-bond donors (Lipinski definition) is 1. The van der Waals surface area contributed by atoms with Gasteiger partial charge in [-0.2, -0.15) is 0 Å². The van der Waals surface area contributed by atoms with E-state index in [2.05, 4.69) is 20.9 Å². The fraction of sp³-hybridized carbons (Fsp3) is 0.500. The molecule has 0 radical (unpaired) electrons. The lowest BCUT2D eigenvalue weighted by Gasteiger charge is -2.27. The number of carboxylic acids is 1. The molecule has 1 aromatic heterocycles. The van der Waals surface area contributed by atoms with Crippen molar-refractivity contribution in [3.63, 3.8) is 0 Å². The SMILES string of the molecule is CC1CCC(Br)c2nc(C(=O)O)cc(=O)n21. The Morgan fingerprint density at radius 3 is 2.94 bits per heavy atom. The molecule has 2 heterocycles. The summed E-state index contributed by atoms with van der Waals surface area (Å²) in [6.45, 7) is 1.94. The third-order valence-electron chi connectivity index (χ3n) is 2.76.